The minimum Gasteiger partial charge on any atom is -0.333 e. The highest BCUT2D eigenvalue weighted by Gasteiger charge is 2.22. The highest BCUT2D eigenvalue weighted by Crippen LogP contribution is 2.25. The summed E-state index contributed by atoms with van der Waals surface area (Å²) in [6.45, 7) is 6.20. The van der Waals surface area contributed by atoms with Crippen molar-refractivity contribution in [2.24, 2.45) is 0 Å². The van der Waals surface area contributed by atoms with E-state index < -0.39 is 0 Å². The lowest BCUT2D eigenvalue weighted by atomic mass is 9.96. The molecule has 4 heteroatoms. The molecule has 0 bridgehead atoms. The minimum atomic E-state index is 0.393. The van der Waals surface area contributed by atoms with Crippen molar-refractivity contribution in [1.82, 2.24) is 19.8 Å². The van der Waals surface area contributed by atoms with Gasteiger partial charge in [-0.2, -0.15) is 0 Å². The summed E-state index contributed by atoms with van der Waals surface area (Å²) in [7, 11) is 2.19. The van der Waals surface area contributed by atoms with E-state index in [-0.39, 0.29) is 0 Å². The largest absolute Gasteiger partial charge is 0.333 e. The Morgan fingerprint density at radius 3 is 3.05 bits per heavy atom. The van der Waals surface area contributed by atoms with Gasteiger partial charge in [0.1, 0.15) is 0 Å². The second kappa shape index (κ2) is 6.41. The van der Waals surface area contributed by atoms with E-state index in [1.807, 2.05) is 12.5 Å². The van der Waals surface area contributed by atoms with Crippen LogP contribution in [0.25, 0.3) is 0 Å². The SMILES string of the molecule is CCCn1cncc1CNC1CN(C)Cc2ccccc21. The summed E-state index contributed by atoms with van der Waals surface area (Å²) in [6, 6.07) is 9.15. The average Bonchev–Trinajstić information content (AvgIpc) is 2.92. The Morgan fingerprint density at radius 2 is 2.19 bits per heavy atom. The summed E-state index contributed by atoms with van der Waals surface area (Å²) >= 11 is 0. The van der Waals surface area contributed by atoms with Gasteiger partial charge in [-0.3, -0.25) is 0 Å². The third kappa shape index (κ3) is 3.17. The first-order chi connectivity index (χ1) is 10.3. The summed E-state index contributed by atoms with van der Waals surface area (Å²) in [5.74, 6) is 0. The van der Waals surface area contributed by atoms with Crippen LogP contribution in [-0.2, 0) is 19.6 Å². The third-order valence-corrected chi connectivity index (χ3v) is 4.16. The minimum absolute atomic E-state index is 0.393. The van der Waals surface area contributed by atoms with Crippen LogP contribution in [0.15, 0.2) is 36.8 Å². The molecule has 2 heterocycles. The molecule has 0 spiro atoms. The molecule has 0 saturated carbocycles. The Kier molecular flexibility index (Phi) is 4.36. The van der Waals surface area contributed by atoms with E-state index in [4.69, 9.17) is 0 Å². The number of imidazole rings is 1. The number of fused-ring (bicyclic) bond motifs is 1. The molecular formula is C17H24N4. The lowest BCUT2D eigenvalue weighted by Gasteiger charge is -2.33. The number of nitrogens with zero attached hydrogens (tertiary/aromatic N) is 3. The van der Waals surface area contributed by atoms with E-state index in [1.54, 1.807) is 0 Å². The van der Waals surface area contributed by atoms with Crippen molar-refractivity contribution in [2.75, 3.05) is 13.6 Å². The van der Waals surface area contributed by atoms with Crippen molar-refractivity contribution in [1.29, 1.82) is 0 Å². The average molecular weight is 284 g/mol. The molecule has 1 aromatic carbocycles. The van der Waals surface area contributed by atoms with Crippen LogP contribution in [0.4, 0.5) is 0 Å². The predicted molar refractivity (Wildman–Crippen MR) is 84.9 cm³/mol. The van der Waals surface area contributed by atoms with E-state index in [1.165, 1.54) is 16.8 Å². The molecule has 0 amide bonds. The quantitative estimate of drug-likeness (QED) is 0.916. The molecule has 2 aromatic rings. The molecule has 0 fully saturated rings. The lowest BCUT2D eigenvalue weighted by molar-refractivity contribution is 0.258. The highest BCUT2D eigenvalue weighted by atomic mass is 15.1. The monoisotopic (exact) mass is 284 g/mol. The molecule has 1 aliphatic heterocycles. The van der Waals surface area contributed by atoms with Crippen LogP contribution in [0.2, 0.25) is 0 Å². The van der Waals surface area contributed by atoms with Gasteiger partial charge in [-0.25, -0.2) is 4.98 Å². The summed E-state index contributed by atoms with van der Waals surface area (Å²) < 4.78 is 2.24. The highest BCUT2D eigenvalue weighted by molar-refractivity contribution is 5.32. The number of benzene rings is 1. The van der Waals surface area contributed by atoms with Gasteiger partial charge in [-0.15, -0.1) is 0 Å². The molecule has 1 atom stereocenters. The number of aromatic nitrogens is 2. The second-order valence-electron chi connectivity index (χ2n) is 5.91. The first-order valence-electron chi connectivity index (χ1n) is 7.76. The molecule has 1 unspecified atom stereocenters. The summed E-state index contributed by atoms with van der Waals surface area (Å²) in [5.41, 5.74) is 4.14. The smallest absolute Gasteiger partial charge is 0.0948 e. The Labute approximate surface area is 126 Å². The Bertz CT molecular complexity index is 590. The van der Waals surface area contributed by atoms with Crippen LogP contribution in [0.3, 0.4) is 0 Å². The molecule has 1 aromatic heterocycles. The lowest BCUT2D eigenvalue weighted by Crippen LogP contribution is -2.37. The van der Waals surface area contributed by atoms with Crippen molar-refractivity contribution in [3.63, 3.8) is 0 Å². The molecule has 3 rings (SSSR count). The van der Waals surface area contributed by atoms with E-state index in [2.05, 4.69) is 58.0 Å². The van der Waals surface area contributed by atoms with Gasteiger partial charge in [0.2, 0.25) is 0 Å². The first kappa shape index (κ1) is 14.3. The fourth-order valence-corrected chi connectivity index (χ4v) is 3.12. The molecule has 0 radical (unpaired) electrons. The molecule has 112 valence electrons. The van der Waals surface area contributed by atoms with Crippen LogP contribution < -0.4 is 5.32 Å². The van der Waals surface area contributed by atoms with Gasteiger partial charge in [-0.1, -0.05) is 31.2 Å². The molecule has 0 aliphatic carbocycles. The fourth-order valence-electron chi connectivity index (χ4n) is 3.12. The molecule has 4 nitrogen and oxygen atoms in total. The zero-order chi connectivity index (χ0) is 14.7. The maximum atomic E-state index is 4.28. The van der Waals surface area contributed by atoms with Crippen LogP contribution in [0, 0.1) is 0 Å². The van der Waals surface area contributed by atoms with Crippen LogP contribution in [0.5, 0.6) is 0 Å². The number of aryl methyl sites for hydroxylation is 1. The summed E-state index contributed by atoms with van der Waals surface area (Å²) in [5, 5.41) is 3.71. The maximum absolute atomic E-state index is 4.28. The molecule has 21 heavy (non-hydrogen) atoms. The van der Waals surface area contributed by atoms with Crippen molar-refractivity contribution >= 4 is 0 Å². The van der Waals surface area contributed by atoms with Crippen LogP contribution >= 0.6 is 0 Å². The predicted octanol–water partition coefficient (Wildman–Crippen LogP) is 2.57. The summed E-state index contributed by atoms with van der Waals surface area (Å²) in [6.07, 6.45) is 5.04. The van der Waals surface area contributed by atoms with E-state index in [0.717, 1.165) is 32.6 Å². The summed E-state index contributed by atoms with van der Waals surface area (Å²) in [4.78, 5) is 6.65. The van der Waals surface area contributed by atoms with Crippen molar-refractivity contribution in [3.8, 4) is 0 Å². The third-order valence-electron chi connectivity index (χ3n) is 4.16. The van der Waals surface area contributed by atoms with Crippen LogP contribution in [-0.4, -0.2) is 28.0 Å². The molecule has 0 saturated heterocycles. The van der Waals surface area contributed by atoms with Crippen molar-refractivity contribution in [3.05, 3.63) is 53.6 Å². The van der Waals surface area contributed by atoms with Gasteiger partial charge in [0.05, 0.1) is 12.0 Å². The van der Waals surface area contributed by atoms with E-state index in [9.17, 15) is 0 Å². The Morgan fingerprint density at radius 1 is 1.33 bits per heavy atom. The van der Waals surface area contributed by atoms with Crippen molar-refractivity contribution < 1.29 is 0 Å². The first-order valence-corrected chi connectivity index (χ1v) is 7.76. The Hall–Kier alpha value is -1.65. The number of rotatable bonds is 5. The molecule has 1 aliphatic rings. The van der Waals surface area contributed by atoms with Gasteiger partial charge in [0, 0.05) is 38.4 Å². The number of likely N-dealkylation sites (N-methyl/N-ethyl adjacent to an activating group) is 1. The van der Waals surface area contributed by atoms with Crippen LogP contribution in [0.1, 0.15) is 36.2 Å². The van der Waals surface area contributed by atoms with Gasteiger partial charge >= 0.3 is 0 Å². The van der Waals surface area contributed by atoms with Crippen molar-refractivity contribution in [2.45, 2.75) is 39.0 Å². The fraction of sp³-hybridized carbons (Fsp3) is 0.471. The zero-order valence-corrected chi connectivity index (χ0v) is 12.9. The Balaban J connectivity index is 1.72. The maximum Gasteiger partial charge on any atom is 0.0948 e. The normalized spacial score (nSPS) is 18.7. The van der Waals surface area contributed by atoms with Gasteiger partial charge in [-0.05, 0) is 24.6 Å². The standard InChI is InChI=1S/C17H24N4/c1-3-8-21-13-18-9-15(21)10-19-17-12-20(2)11-14-6-4-5-7-16(14)17/h4-7,9,13,17,19H,3,8,10-12H2,1-2H3. The zero-order valence-electron chi connectivity index (χ0n) is 12.9. The topological polar surface area (TPSA) is 33.1 Å². The van der Waals surface area contributed by atoms with E-state index in [0.29, 0.717) is 6.04 Å². The molecule has 1 N–H and O–H groups in total. The number of nitrogens with one attached hydrogen (secondary N) is 1. The molecular weight excluding hydrogens is 260 g/mol. The van der Waals surface area contributed by atoms with E-state index >= 15 is 0 Å². The van der Waals surface area contributed by atoms with Gasteiger partial charge in [0.25, 0.3) is 0 Å². The second-order valence-corrected chi connectivity index (χ2v) is 5.91. The number of hydrogen-bond donors (Lipinski definition) is 1. The number of hydrogen-bond acceptors (Lipinski definition) is 3. The van der Waals surface area contributed by atoms with Gasteiger partial charge in [0.15, 0.2) is 0 Å². The van der Waals surface area contributed by atoms with Gasteiger partial charge < -0.3 is 14.8 Å².